The number of rotatable bonds is 2. The Bertz CT molecular complexity index is 72.2. The zero-order valence-corrected chi connectivity index (χ0v) is 4.81. The lowest BCUT2D eigenvalue weighted by molar-refractivity contribution is 1.10. The highest BCUT2D eigenvalue weighted by Crippen LogP contribution is 1.69. The molecule has 0 saturated heterocycles. The van der Waals surface area contributed by atoms with Gasteiger partial charge in [0.15, 0.2) is 0 Å². The van der Waals surface area contributed by atoms with Crippen LogP contribution < -0.4 is 5.32 Å². The number of hydrogen-bond acceptors (Lipinski definition) is 1. The van der Waals surface area contributed by atoms with Crippen LogP contribution in [0.4, 0.5) is 0 Å². The molecule has 1 nitrogen and oxygen atoms in total. The molecule has 0 aromatic heterocycles. The summed E-state index contributed by atoms with van der Waals surface area (Å²) in [6, 6.07) is 0. The van der Waals surface area contributed by atoms with Crippen LogP contribution in [-0.2, 0) is 0 Å². The molecule has 0 unspecified atom stereocenters. The van der Waals surface area contributed by atoms with Gasteiger partial charge in [-0.05, 0) is 19.2 Å². The molecule has 0 aromatic rings. The molecule has 0 heterocycles. The van der Waals surface area contributed by atoms with Gasteiger partial charge < -0.3 is 5.32 Å². The van der Waals surface area contributed by atoms with E-state index in [0.717, 1.165) is 0 Å². The van der Waals surface area contributed by atoms with Gasteiger partial charge >= 0.3 is 0 Å². The van der Waals surface area contributed by atoms with Crippen LogP contribution in [0.15, 0.2) is 24.4 Å². The molecule has 0 aliphatic heterocycles. The van der Waals surface area contributed by atoms with Crippen molar-refractivity contribution < 1.29 is 0 Å². The maximum Gasteiger partial charge on any atom is 0.00277 e. The fourth-order valence-corrected chi connectivity index (χ4v) is 0.263. The van der Waals surface area contributed by atoms with E-state index in [1.54, 1.807) is 0 Å². The van der Waals surface area contributed by atoms with Crippen LogP contribution in [0.1, 0.15) is 6.92 Å². The van der Waals surface area contributed by atoms with Crippen LogP contribution in [0.2, 0.25) is 0 Å². The van der Waals surface area contributed by atoms with Crippen molar-refractivity contribution in [2.24, 2.45) is 0 Å². The molecule has 0 aliphatic carbocycles. The van der Waals surface area contributed by atoms with Gasteiger partial charge in [-0.3, -0.25) is 0 Å². The van der Waals surface area contributed by atoms with E-state index in [1.807, 2.05) is 38.4 Å². The SMILES string of the molecule is C/C=C\C=C/NC. The molecule has 0 spiro atoms. The molecule has 0 saturated carbocycles. The van der Waals surface area contributed by atoms with Gasteiger partial charge in [0, 0.05) is 7.05 Å². The lowest BCUT2D eigenvalue weighted by Crippen LogP contribution is -1.89. The van der Waals surface area contributed by atoms with Gasteiger partial charge in [-0.1, -0.05) is 12.2 Å². The summed E-state index contributed by atoms with van der Waals surface area (Å²) >= 11 is 0. The van der Waals surface area contributed by atoms with Gasteiger partial charge in [0.25, 0.3) is 0 Å². The van der Waals surface area contributed by atoms with E-state index < -0.39 is 0 Å². The van der Waals surface area contributed by atoms with E-state index in [1.165, 1.54) is 0 Å². The monoisotopic (exact) mass is 97.1 g/mol. The third-order valence-electron chi connectivity index (χ3n) is 0.566. The fourth-order valence-electron chi connectivity index (χ4n) is 0.263. The summed E-state index contributed by atoms with van der Waals surface area (Å²) in [4.78, 5) is 0. The molecule has 0 atom stereocenters. The second kappa shape index (κ2) is 5.28. The maximum absolute atomic E-state index is 2.87. The number of nitrogens with one attached hydrogen (secondary N) is 1. The number of allylic oxidation sites excluding steroid dienone is 3. The molecule has 1 heteroatoms. The molecule has 0 bridgehead atoms. The van der Waals surface area contributed by atoms with Gasteiger partial charge in [-0.25, -0.2) is 0 Å². The molecule has 0 aliphatic rings. The van der Waals surface area contributed by atoms with Gasteiger partial charge in [-0.2, -0.15) is 0 Å². The van der Waals surface area contributed by atoms with E-state index >= 15 is 0 Å². The molecule has 0 aromatic carbocycles. The average molecular weight is 97.2 g/mol. The number of hydrogen-bond donors (Lipinski definition) is 1. The molecule has 7 heavy (non-hydrogen) atoms. The molecular formula is C6H11N. The van der Waals surface area contributed by atoms with E-state index in [2.05, 4.69) is 5.32 Å². The maximum atomic E-state index is 2.87. The van der Waals surface area contributed by atoms with Crippen LogP contribution in [-0.4, -0.2) is 7.05 Å². The van der Waals surface area contributed by atoms with Crippen LogP contribution in [0.25, 0.3) is 0 Å². The first-order chi connectivity index (χ1) is 3.41. The van der Waals surface area contributed by atoms with E-state index in [4.69, 9.17) is 0 Å². The second-order valence-corrected chi connectivity index (χ2v) is 1.17. The largest absolute Gasteiger partial charge is 0.394 e. The summed E-state index contributed by atoms with van der Waals surface area (Å²) in [6.45, 7) is 1.99. The highest BCUT2D eigenvalue weighted by Gasteiger charge is 1.54. The molecule has 40 valence electrons. The molecule has 0 radical (unpaired) electrons. The second-order valence-electron chi connectivity index (χ2n) is 1.17. The quantitative estimate of drug-likeness (QED) is 0.512. The zero-order valence-electron chi connectivity index (χ0n) is 4.81. The summed E-state index contributed by atoms with van der Waals surface area (Å²) < 4.78 is 0. The summed E-state index contributed by atoms with van der Waals surface area (Å²) in [5.74, 6) is 0. The van der Waals surface area contributed by atoms with Crippen LogP contribution in [0, 0.1) is 0 Å². The predicted molar refractivity (Wildman–Crippen MR) is 33.0 cm³/mol. The van der Waals surface area contributed by atoms with Crippen molar-refractivity contribution >= 4 is 0 Å². The first-order valence-electron chi connectivity index (χ1n) is 2.37. The van der Waals surface area contributed by atoms with E-state index in [-0.39, 0.29) is 0 Å². The molecule has 1 N–H and O–H groups in total. The van der Waals surface area contributed by atoms with Crippen LogP contribution in [0.3, 0.4) is 0 Å². The topological polar surface area (TPSA) is 12.0 Å². The Labute approximate surface area is 44.7 Å². The van der Waals surface area contributed by atoms with Gasteiger partial charge in [0.05, 0.1) is 0 Å². The zero-order chi connectivity index (χ0) is 5.54. The van der Waals surface area contributed by atoms with Crippen molar-refractivity contribution in [3.05, 3.63) is 24.4 Å². The van der Waals surface area contributed by atoms with E-state index in [9.17, 15) is 0 Å². The predicted octanol–water partition coefficient (Wildman–Crippen LogP) is 1.30. The molecule has 0 fully saturated rings. The first kappa shape index (κ1) is 6.28. The Balaban J connectivity index is 3.09. The first-order valence-corrected chi connectivity index (χ1v) is 2.37. The highest BCUT2D eigenvalue weighted by molar-refractivity contribution is 4.99. The Morgan fingerprint density at radius 1 is 1.29 bits per heavy atom. The van der Waals surface area contributed by atoms with Gasteiger partial charge in [0.2, 0.25) is 0 Å². The lowest BCUT2D eigenvalue weighted by atomic mass is 10.5. The average Bonchev–Trinajstić information content (AvgIpc) is 1.69. The Morgan fingerprint density at radius 3 is 2.43 bits per heavy atom. The lowest BCUT2D eigenvalue weighted by Gasteiger charge is -1.77. The molecule has 0 rings (SSSR count). The van der Waals surface area contributed by atoms with Crippen molar-refractivity contribution in [3.8, 4) is 0 Å². The summed E-state index contributed by atoms with van der Waals surface area (Å²) in [5, 5.41) is 2.87. The Hall–Kier alpha value is -0.720. The smallest absolute Gasteiger partial charge is 0.00277 e. The Kier molecular flexibility index (Phi) is 4.74. The normalized spacial score (nSPS) is 11.1. The van der Waals surface area contributed by atoms with Gasteiger partial charge in [-0.15, -0.1) is 0 Å². The fraction of sp³-hybridized carbons (Fsp3) is 0.333. The van der Waals surface area contributed by atoms with Crippen molar-refractivity contribution in [1.29, 1.82) is 0 Å². The summed E-state index contributed by atoms with van der Waals surface area (Å²) in [7, 11) is 1.88. The summed E-state index contributed by atoms with van der Waals surface area (Å²) in [5.41, 5.74) is 0. The summed E-state index contributed by atoms with van der Waals surface area (Å²) in [6.07, 6.45) is 7.77. The third-order valence-corrected chi connectivity index (χ3v) is 0.566. The van der Waals surface area contributed by atoms with E-state index in [0.29, 0.717) is 0 Å². The molecular weight excluding hydrogens is 86.1 g/mol. The van der Waals surface area contributed by atoms with Crippen molar-refractivity contribution in [1.82, 2.24) is 5.32 Å². The third kappa shape index (κ3) is 5.28. The van der Waals surface area contributed by atoms with Crippen LogP contribution in [0.5, 0.6) is 0 Å². The minimum absolute atomic E-state index is 1.88. The Morgan fingerprint density at radius 2 is 2.00 bits per heavy atom. The highest BCUT2D eigenvalue weighted by atomic mass is 14.8. The van der Waals surface area contributed by atoms with Gasteiger partial charge in [0.1, 0.15) is 0 Å². The van der Waals surface area contributed by atoms with Crippen molar-refractivity contribution in [3.63, 3.8) is 0 Å². The minimum Gasteiger partial charge on any atom is -0.394 e. The van der Waals surface area contributed by atoms with Crippen LogP contribution >= 0.6 is 0 Å². The molecule has 0 amide bonds. The van der Waals surface area contributed by atoms with Crippen molar-refractivity contribution in [2.75, 3.05) is 7.05 Å². The minimum atomic E-state index is 1.88. The standard InChI is InChI=1S/C6H11N/c1-3-4-5-6-7-2/h3-7H,1-2H3/b4-3-,6-5-. The van der Waals surface area contributed by atoms with Crippen molar-refractivity contribution in [2.45, 2.75) is 6.92 Å².